The fourth-order valence-corrected chi connectivity index (χ4v) is 2.82. The van der Waals surface area contributed by atoms with Crippen molar-refractivity contribution in [3.8, 4) is 6.07 Å². The first kappa shape index (κ1) is 13.0. The summed E-state index contributed by atoms with van der Waals surface area (Å²) >= 11 is 5.10. The molecule has 0 radical (unpaired) electrons. The van der Waals surface area contributed by atoms with Crippen LogP contribution in [-0.4, -0.2) is 2.43 Å². The predicted octanol–water partition coefficient (Wildman–Crippen LogP) is 4.21. The molecule has 68 valence electrons. The van der Waals surface area contributed by atoms with Gasteiger partial charge in [0.25, 0.3) is 2.43 Å². The first-order valence-corrected chi connectivity index (χ1v) is 6.80. The number of nitrogens with zero attached hydrogens (tertiary/aromatic N) is 1. The van der Waals surface area contributed by atoms with E-state index in [2.05, 4.69) is 44.7 Å². The summed E-state index contributed by atoms with van der Waals surface area (Å²) in [4.78, 5) is 0. The Balaban J connectivity index is 0.000000354. The van der Waals surface area contributed by atoms with Gasteiger partial charge in [-0.25, -0.2) is 0 Å². The number of rotatable bonds is 1. The zero-order valence-electron chi connectivity index (χ0n) is 7.39. The molecule has 1 rings (SSSR count). The van der Waals surface area contributed by atoms with Crippen LogP contribution in [0.15, 0.2) is 0 Å². The standard InChI is InChI=1S/C6H11BI2.C2H3N/c8-7(9)6-4-2-1-3-5-6;1-2-3/h6H,1-5H2;1H3. The van der Waals surface area contributed by atoms with Gasteiger partial charge in [-0.05, 0) is 5.82 Å². The lowest BCUT2D eigenvalue weighted by Crippen LogP contribution is -2.09. The zero-order chi connectivity index (χ0) is 9.40. The number of hydrogen-bond acceptors (Lipinski definition) is 1. The van der Waals surface area contributed by atoms with Crippen molar-refractivity contribution in [3.63, 3.8) is 0 Å². The van der Waals surface area contributed by atoms with Gasteiger partial charge in [0.15, 0.2) is 0 Å². The number of hydrogen-bond donors (Lipinski definition) is 0. The molecule has 0 spiro atoms. The van der Waals surface area contributed by atoms with Crippen LogP contribution >= 0.6 is 44.7 Å². The Morgan fingerprint density at radius 1 is 1.25 bits per heavy atom. The van der Waals surface area contributed by atoms with E-state index in [0.717, 1.165) is 8.24 Å². The maximum absolute atomic E-state index is 7.32. The van der Waals surface area contributed by atoms with Crippen molar-refractivity contribution < 1.29 is 0 Å². The molecule has 0 amide bonds. The Morgan fingerprint density at radius 3 is 1.92 bits per heavy atom. The molecule has 1 fully saturated rings. The molecule has 0 aromatic carbocycles. The summed E-state index contributed by atoms with van der Waals surface area (Å²) in [6.07, 6.45) is 7.41. The predicted molar refractivity (Wildman–Crippen MR) is 71.9 cm³/mol. The quantitative estimate of drug-likeness (QED) is 0.487. The van der Waals surface area contributed by atoms with E-state index in [1.165, 1.54) is 39.0 Å². The highest BCUT2D eigenvalue weighted by atomic mass is 127. The smallest absolute Gasteiger partial charge is 0.199 e. The van der Waals surface area contributed by atoms with Crippen LogP contribution in [-0.2, 0) is 0 Å². The Morgan fingerprint density at radius 2 is 1.67 bits per heavy atom. The Kier molecular flexibility index (Phi) is 9.33. The summed E-state index contributed by atoms with van der Waals surface area (Å²) in [6, 6.07) is 1.75. The van der Waals surface area contributed by atoms with E-state index in [4.69, 9.17) is 5.26 Å². The van der Waals surface area contributed by atoms with Gasteiger partial charge in [-0.1, -0.05) is 32.1 Å². The fourth-order valence-electron chi connectivity index (χ4n) is 1.39. The molecule has 0 bridgehead atoms. The minimum absolute atomic E-state index is 0.875. The third kappa shape index (κ3) is 6.52. The highest BCUT2D eigenvalue weighted by Gasteiger charge is 2.21. The maximum atomic E-state index is 7.32. The summed E-state index contributed by atoms with van der Waals surface area (Å²) < 4.78 is 0.875. The van der Waals surface area contributed by atoms with Crippen LogP contribution in [0.4, 0.5) is 0 Å². The second-order valence-corrected chi connectivity index (χ2v) is 8.02. The molecular formula is C8H14BI2N. The molecule has 0 N–H and O–H groups in total. The molecule has 4 heteroatoms. The molecule has 0 heterocycles. The van der Waals surface area contributed by atoms with Gasteiger partial charge in [0.2, 0.25) is 0 Å². The minimum Gasteiger partial charge on any atom is -0.199 e. The van der Waals surface area contributed by atoms with Crippen molar-refractivity contribution >= 4 is 47.2 Å². The highest BCUT2D eigenvalue weighted by Crippen LogP contribution is 2.35. The van der Waals surface area contributed by atoms with Gasteiger partial charge in [0.05, 0.1) is 6.07 Å². The number of halogens is 2. The van der Waals surface area contributed by atoms with Crippen LogP contribution < -0.4 is 0 Å². The first-order valence-electron chi connectivity index (χ1n) is 4.31. The Hall–Kier alpha value is 1.01. The van der Waals surface area contributed by atoms with E-state index < -0.39 is 0 Å². The van der Waals surface area contributed by atoms with Gasteiger partial charge in [0.1, 0.15) is 0 Å². The average molecular weight is 389 g/mol. The zero-order valence-corrected chi connectivity index (χ0v) is 11.7. The Labute approximate surface area is 103 Å². The molecule has 1 aliphatic carbocycles. The number of nitriles is 1. The van der Waals surface area contributed by atoms with Gasteiger partial charge in [-0.15, -0.1) is 44.7 Å². The van der Waals surface area contributed by atoms with Crippen LogP contribution in [0, 0.1) is 11.3 Å². The molecule has 1 saturated carbocycles. The molecule has 1 nitrogen and oxygen atoms in total. The second-order valence-electron chi connectivity index (χ2n) is 2.96. The van der Waals surface area contributed by atoms with Crippen LogP contribution in [0.5, 0.6) is 0 Å². The average Bonchev–Trinajstić information content (AvgIpc) is 2.07. The lowest BCUT2D eigenvalue weighted by atomic mass is 9.75. The summed E-state index contributed by atoms with van der Waals surface area (Å²) in [5, 5.41) is 7.32. The van der Waals surface area contributed by atoms with Gasteiger partial charge in [-0.3, -0.25) is 0 Å². The van der Waals surface area contributed by atoms with Crippen LogP contribution in [0.1, 0.15) is 39.0 Å². The summed E-state index contributed by atoms with van der Waals surface area (Å²) in [6.45, 7) is 1.43. The normalized spacial score (nSPS) is 17.2. The van der Waals surface area contributed by atoms with E-state index in [-0.39, 0.29) is 0 Å². The van der Waals surface area contributed by atoms with Gasteiger partial charge in [-0.2, -0.15) is 5.26 Å². The SMILES string of the molecule is CC#N.IB(I)C1CCCCC1. The van der Waals surface area contributed by atoms with E-state index in [0.29, 0.717) is 0 Å². The van der Waals surface area contributed by atoms with E-state index in [1.807, 2.05) is 0 Å². The third-order valence-electron chi connectivity index (χ3n) is 2.01. The lowest BCUT2D eigenvalue weighted by molar-refractivity contribution is 0.503. The van der Waals surface area contributed by atoms with Crippen molar-refractivity contribution in [1.29, 1.82) is 5.26 Å². The van der Waals surface area contributed by atoms with Crippen molar-refractivity contribution in [2.24, 2.45) is 0 Å². The topological polar surface area (TPSA) is 23.8 Å². The molecule has 0 aromatic rings. The van der Waals surface area contributed by atoms with Gasteiger partial charge in [0, 0.05) is 6.92 Å². The van der Waals surface area contributed by atoms with Crippen molar-refractivity contribution in [3.05, 3.63) is 0 Å². The molecule has 0 unspecified atom stereocenters. The van der Waals surface area contributed by atoms with E-state index in [9.17, 15) is 0 Å². The molecule has 0 aromatic heterocycles. The largest absolute Gasteiger partial charge is 0.292 e. The fraction of sp³-hybridized carbons (Fsp3) is 0.875. The van der Waals surface area contributed by atoms with E-state index >= 15 is 0 Å². The van der Waals surface area contributed by atoms with Gasteiger partial charge < -0.3 is 0 Å². The first-order chi connectivity index (χ1) is 5.72. The second kappa shape index (κ2) is 8.61. The van der Waals surface area contributed by atoms with Crippen molar-refractivity contribution in [1.82, 2.24) is 0 Å². The van der Waals surface area contributed by atoms with Crippen LogP contribution in [0.25, 0.3) is 0 Å². The van der Waals surface area contributed by atoms with Crippen molar-refractivity contribution in [2.45, 2.75) is 44.8 Å². The highest BCUT2D eigenvalue weighted by molar-refractivity contribution is 14.3. The maximum Gasteiger partial charge on any atom is 0.292 e. The molecule has 0 atom stereocenters. The molecule has 0 aliphatic heterocycles. The van der Waals surface area contributed by atoms with Crippen molar-refractivity contribution in [2.75, 3.05) is 0 Å². The third-order valence-corrected chi connectivity index (χ3v) is 4.04. The van der Waals surface area contributed by atoms with E-state index in [1.54, 1.807) is 6.07 Å². The molecule has 12 heavy (non-hydrogen) atoms. The minimum atomic E-state index is 0.875. The van der Waals surface area contributed by atoms with Crippen LogP contribution in [0.2, 0.25) is 5.82 Å². The monoisotopic (exact) mass is 389 g/mol. The molecule has 1 aliphatic rings. The summed E-state index contributed by atoms with van der Waals surface area (Å²) in [5.74, 6) is 1.03. The Bertz CT molecular complexity index is 138. The van der Waals surface area contributed by atoms with Gasteiger partial charge >= 0.3 is 0 Å². The molecular weight excluding hydrogens is 375 g/mol. The molecule has 0 saturated heterocycles. The summed E-state index contributed by atoms with van der Waals surface area (Å²) in [5.41, 5.74) is 0. The lowest BCUT2D eigenvalue weighted by Gasteiger charge is -2.20. The summed E-state index contributed by atoms with van der Waals surface area (Å²) in [7, 11) is 0. The van der Waals surface area contributed by atoms with Crippen LogP contribution in [0.3, 0.4) is 0 Å².